The fourth-order valence-corrected chi connectivity index (χ4v) is 10.2. The van der Waals surface area contributed by atoms with Crippen molar-refractivity contribution in [2.75, 3.05) is 0 Å². The van der Waals surface area contributed by atoms with Crippen molar-refractivity contribution in [3.05, 3.63) is 206 Å². The van der Waals surface area contributed by atoms with Gasteiger partial charge in [0.1, 0.15) is 22.3 Å². The van der Waals surface area contributed by atoms with Crippen LogP contribution in [0.3, 0.4) is 0 Å². The van der Waals surface area contributed by atoms with E-state index in [-0.39, 0.29) is 0 Å². The number of furan rings is 2. The minimum absolute atomic E-state index is 0.869. The topological polar surface area (TPSA) is 26.3 Å². The summed E-state index contributed by atoms with van der Waals surface area (Å²) in [4.78, 5) is 0. The Balaban J connectivity index is 1.11. The van der Waals surface area contributed by atoms with Crippen LogP contribution in [0.4, 0.5) is 0 Å². The van der Waals surface area contributed by atoms with E-state index in [0.717, 1.165) is 60.6 Å². The van der Waals surface area contributed by atoms with E-state index in [1.54, 1.807) is 0 Å². The van der Waals surface area contributed by atoms with Crippen LogP contribution in [0.25, 0.3) is 131 Å². The van der Waals surface area contributed by atoms with Gasteiger partial charge in [-0.05, 0) is 77.5 Å². The molecule has 60 heavy (non-hydrogen) atoms. The molecule has 2 aromatic heterocycles. The summed E-state index contributed by atoms with van der Waals surface area (Å²) in [6, 6.07) is 74.2. The fraction of sp³-hybridized carbons (Fsp3) is 0. The molecule has 0 saturated carbocycles. The van der Waals surface area contributed by atoms with Crippen LogP contribution in [0.5, 0.6) is 0 Å². The molecule has 0 aliphatic carbocycles. The van der Waals surface area contributed by atoms with Crippen LogP contribution in [-0.2, 0) is 0 Å². The lowest BCUT2D eigenvalue weighted by atomic mass is 9.84. The van der Waals surface area contributed by atoms with Gasteiger partial charge in [0.05, 0.1) is 0 Å². The van der Waals surface area contributed by atoms with E-state index in [9.17, 15) is 0 Å². The molecule has 2 nitrogen and oxygen atoms in total. The zero-order valence-electron chi connectivity index (χ0n) is 32.4. The van der Waals surface area contributed by atoms with Gasteiger partial charge in [-0.1, -0.05) is 194 Å². The smallest absolute Gasteiger partial charge is 0.143 e. The summed E-state index contributed by atoms with van der Waals surface area (Å²) in [5.74, 6) is 0. The van der Waals surface area contributed by atoms with Crippen molar-refractivity contribution in [1.82, 2.24) is 0 Å². The summed E-state index contributed by atoms with van der Waals surface area (Å²) in [7, 11) is 0. The Morgan fingerprint density at radius 3 is 1.12 bits per heavy atom. The molecule has 2 heterocycles. The number of para-hydroxylation sites is 3. The molecule has 0 amide bonds. The predicted octanol–water partition coefficient (Wildman–Crippen LogP) is 16.8. The normalized spacial score (nSPS) is 12.0. The van der Waals surface area contributed by atoms with Gasteiger partial charge in [0.15, 0.2) is 0 Å². The molecule has 0 radical (unpaired) electrons. The number of fused-ring (bicyclic) bond motifs is 10. The lowest BCUT2D eigenvalue weighted by molar-refractivity contribution is 0.670. The molecule has 13 rings (SSSR count). The van der Waals surface area contributed by atoms with E-state index in [0.29, 0.717) is 0 Å². The fourth-order valence-electron chi connectivity index (χ4n) is 10.2. The quantitative estimate of drug-likeness (QED) is 0.167. The summed E-state index contributed by atoms with van der Waals surface area (Å²) in [5, 5.41) is 14.1. The highest BCUT2D eigenvalue weighted by molar-refractivity contribution is 6.29. The van der Waals surface area contributed by atoms with Crippen molar-refractivity contribution in [3.8, 4) is 44.5 Å². The molecule has 278 valence electrons. The Labute approximate surface area is 345 Å². The van der Waals surface area contributed by atoms with Crippen LogP contribution >= 0.6 is 0 Å². The minimum Gasteiger partial charge on any atom is -0.455 e. The Hall–Kier alpha value is -7.94. The molecule has 0 fully saturated rings. The van der Waals surface area contributed by atoms with E-state index in [4.69, 9.17) is 8.83 Å². The average molecular weight is 763 g/mol. The van der Waals surface area contributed by atoms with Crippen LogP contribution in [0.1, 0.15) is 0 Å². The van der Waals surface area contributed by atoms with Crippen molar-refractivity contribution in [2.45, 2.75) is 0 Å². The molecule has 0 bridgehead atoms. The SMILES string of the molecule is c1ccc(-c2c3ccccc3c(-c3cccc4c3oc3cccc(-c5c6ccccc6c(-c6cccc7c6oc6ccccc67)c6ccccc56)c34)c3ccccc23)cc1. The van der Waals surface area contributed by atoms with E-state index in [1.165, 1.54) is 70.9 Å². The minimum atomic E-state index is 0.869. The Morgan fingerprint density at radius 2 is 0.567 bits per heavy atom. The van der Waals surface area contributed by atoms with Crippen molar-refractivity contribution < 1.29 is 8.83 Å². The Kier molecular flexibility index (Phi) is 7.05. The molecule has 11 aromatic carbocycles. The van der Waals surface area contributed by atoms with Crippen LogP contribution in [0, 0.1) is 0 Å². The number of benzene rings is 11. The zero-order chi connectivity index (χ0) is 39.3. The van der Waals surface area contributed by atoms with Crippen molar-refractivity contribution in [3.63, 3.8) is 0 Å². The molecule has 0 aliphatic rings. The van der Waals surface area contributed by atoms with E-state index >= 15 is 0 Å². The van der Waals surface area contributed by atoms with Gasteiger partial charge in [0.25, 0.3) is 0 Å². The summed E-state index contributed by atoms with van der Waals surface area (Å²) < 4.78 is 13.8. The maximum absolute atomic E-state index is 7.09. The van der Waals surface area contributed by atoms with Gasteiger partial charge in [-0.2, -0.15) is 0 Å². The Bertz CT molecular complexity index is 3770. The van der Waals surface area contributed by atoms with E-state index in [2.05, 4.69) is 200 Å². The number of hydrogen-bond donors (Lipinski definition) is 0. The van der Waals surface area contributed by atoms with Gasteiger partial charge in [-0.3, -0.25) is 0 Å². The predicted molar refractivity (Wildman–Crippen MR) is 253 cm³/mol. The van der Waals surface area contributed by atoms with E-state index < -0.39 is 0 Å². The third-order valence-corrected chi connectivity index (χ3v) is 12.7. The Morgan fingerprint density at radius 1 is 0.217 bits per heavy atom. The lowest BCUT2D eigenvalue weighted by Gasteiger charge is -2.18. The largest absolute Gasteiger partial charge is 0.455 e. The monoisotopic (exact) mass is 762 g/mol. The molecular formula is C58H34O2. The molecule has 0 atom stereocenters. The highest BCUT2D eigenvalue weighted by Crippen LogP contribution is 2.51. The zero-order valence-corrected chi connectivity index (χ0v) is 32.4. The van der Waals surface area contributed by atoms with Gasteiger partial charge in [-0.25, -0.2) is 0 Å². The molecule has 0 saturated heterocycles. The second kappa shape index (κ2) is 12.8. The van der Waals surface area contributed by atoms with Gasteiger partial charge < -0.3 is 8.83 Å². The first-order valence-corrected chi connectivity index (χ1v) is 20.6. The third kappa shape index (κ3) is 4.64. The molecule has 0 N–H and O–H groups in total. The maximum Gasteiger partial charge on any atom is 0.143 e. The summed E-state index contributed by atoms with van der Waals surface area (Å²) in [5.41, 5.74) is 12.9. The first-order valence-electron chi connectivity index (χ1n) is 20.6. The van der Waals surface area contributed by atoms with Crippen LogP contribution < -0.4 is 0 Å². The number of hydrogen-bond acceptors (Lipinski definition) is 2. The maximum atomic E-state index is 7.09. The van der Waals surface area contributed by atoms with Crippen LogP contribution in [-0.4, -0.2) is 0 Å². The summed E-state index contributed by atoms with van der Waals surface area (Å²) in [6.07, 6.45) is 0. The summed E-state index contributed by atoms with van der Waals surface area (Å²) >= 11 is 0. The first kappa shape index (κ1) is 33.1. The van der Waals surface area contributed by atoms with E-state index in [1.807, 2.05) is 6.07 Å². The first-order chi connectivity index (χ1) is 29.8. The van der Waals surface area contributed by atoms with Crippen molar-refractivity contribution >= 4 is 87.0 Å². The van der Waals surface area contributed by atoms with Gasteiger partial charge >= 0.3 is 0 Å². The van der Waals surface area contributed by atoms with Gasteiger partial charge in [0, 0.05) is 43.8 Å². The lowest BCUT2D eigenvalue weighted by Crippen LogP contribution is -1.92. The van der Waals surface area contributed by atoms with Crippen LogP contribution in [0.2, 0.25) is 0 Å². The van der Waals surface area contributed by atoms with Gasteiger partial charge in [0.2, 0.25) is 0 Å². The highest BCUT2D eigenvalue weighted by Gasteiger charge is 2.24. The highest BCUT2D eigenvalue weighted by atomic mass is 16.3. The van der Waals surface area contributed by atoms with Crippen molar-refractivity contribution in [1.29, 1.82) is 0 Å². The standard InChI is InChI=1S/C58H34O2/c1-2-17-35(18-3-1)52-37-20-4-6-22-39(37)54(40-23-7-5-21-38(40)52)48-31-15-32-49-56-46(29-16-34-51(56)60-58(48)49)53-41-24-8-10-26-43(41)55(44-27-11-9-25-42(44)53)47-30-14-28-45-36-19-12-13-33-50(36)59-57(45)47/h1-34H. The molecule has 13 aromatic rings. The molecule has 2 heteroatoms. The molecular weight excluding hydrogens is 729 g/mol. The van der Waals surface area contributed by atoms with Gasteiger partial charge in [-0.15, -0.1) is 0 Å². The average Bonchev–Trinajstić information content (AvgIpc) is 3.90. The second-order valence-electron chi connectivity index (χ2n) is 15.8. The second-order valence-corrected chi connectivity index (χ2v) is 15.8. The molecule has 0 unspecified atom stereocenters. The van der Waals surface area contributed by atoms with Crippen molar-refractivity contribution in [2.24, 2.45) is 0 Å². The summed E-state index contributed by atoms with van der Waals surface area (Å²) in [6.45, 7) is 0. The third-order valence-electron chi connectivity index (χ3n) is 12.7. The number of rotatable bonds is 4. The molecule has 0 spiro atoms. The van der Waals surface area contributed by atoms with Crippen LogP contribution in [0.15, 0.2) is 215 Å². The molecule has 0 aliphatic heterocycles.